The van der Waals surface area contributed by atoms with E-state index in [0.29, 0.717) is 22.4 Å². The van der Waals surface area contributed by atoms with E-state index in [1.54, 1.807) is 50.2 Å². The molecular formula is C15H14N2O2. The number of carbonyl (C=O) groups is 1. The Morgan fingerprint density at radius 1 is 1.05 bits per heavy atom. The summed E-state index contributed by atoms with van der Waals surface area (Å²) in [6, 6.07) is 12.1. The van der Waals surface area contributed by atoms with Gasteiger partial charge in [0.25, 0.3) is 5.91 Å². The molecule has 0 aliphatic carbocycles. The molecule has 96 valence electrons. The van der Waals surface area contributed by atoms with Gasteiger partial charge in [-0.2, -0.15) is 0 Å². The average molecular weight is 254 g/mol. The molecule has 0 aromatic heterocycles. The smallest absolute Gasteiger partial charge is 0.295 e. The summed E-state index contributed by atoms with van der Waals surface area (Å²) < 4.78 is 0. The number of aromatic hydroxyl groups is 1. The Morgan fingerprint density at radius 3 is 2.21 bits per heavy atom. The number of nitrogens with zero attached hydrogens (tertiary/aromatic N) is 2. The highest BCUT2D eigenvalue weighted by molar-refractivity contribution is 5.94. The van der Waals surface area contributed by atoms with Crippen LogP contribution in [0.2, 0.25) is 0 Å². The van der Waals surface area contributed by atoms with Gasteiger partial charge in [-0.25, -0.2) is 0 Å². The molecule has 0 atom stereocenters. The predicted octanol–water partition coefficient (Wildman–Crippen LogP) is 3.93. The molecule has 0 aliphatic heterocycles. The summed E-state index contributed by atoms with van der Waals surface area (Å²) >= 11 is 0. The van der Waals surface area contributed by atoms with Gasteiger partial charge in [-0.15, -0.1) is 10.2 Å². The summed E-state index contributed by atoms with van der Waals surface area (Å²) in [4.78, 5) is 11.7. The maximum atomic E-state index is 11.7. The van der Waals surface area contributed by atoms with Gasteiger partial charge in [-0.3, -0.25) is 4.79 Å². The van der Waals surface area contributed by atoms with Crippen LogP contribution in [-0.2, 0) is 0 Å². The number of hydrogen-bond acceptors (Lipinski definition) is 3. The van der Waals surface area contributed by atoms with Crippen molar-refractivity contribution in [3.05, 3.63) is 59.2 Å². The van der Waals surface area contributed by atoms with Crippen molar-refractivity contribution in [2.45, 2.75) is 13.8 Å². The summed E-state index contributed by atoms with van der Waals surface area (Å²) in [5.74, 6) is -0.141. The number of phenols is 1. The molecule has 0 heterocycles. The summed E-state index contributed by atoms with van der Waals surface area (Å²) in [7, 11) is 0. The Morgan fingerprint density at radius 2 is 1.63 bits per heavy atom. The lowest BCUT2D eigenvalue weighted by Gasteiger charge is -2.03. The third-order valence-corrected chi connectivity index (χ3v) is 2.75. The minimum atomic E-state index is -0.385. The highest BCUT2D eigenvalue weighted by atomic mass is 16.3. The largest absolute Gasteiger partial charge is 0.507 e. The zero-order chi connectivity index (χ0) is 13.8. The van der Waals surface area contributed by atoms with Crippen molar-refractivity contribution < 1.29 is 9.90 Å². The quantitative estimate of drug-likeness (QED) is 0.825. The molecule has 2 rings (SSSR count). The third kappa shape index (κ3) is 3.04. The molecule has 2 aromatic carbocycles. The molecule has 0 saturated heterocycles. The highest BCUT2D eigenvalue weighted by Gasteiger charge is 2.05. The van der Waals surface area contributed by atoms with Crippen molar-refractivity contribution in [1.29, 1.82) is 0 Å². The zero-order valence-corrected chi connectivity index (χ0v) is 10.8. The molecule has 0 saturated carbocycles. The van der Waals surface area contributed by atoms with Gasteiger partial charge in [0.15, 0.2) is 0 Å². The van der Waals surface area contributed by atoms with Crippen molar-refractivity contribution in [1.82, 2.24) is 0 Å². The molecule has 0 fully saturated rings. The second-order valence-electron chi connectivity index (χ2n) is 4.30. The normalized spacial score (nSPS) is 10.8. The van der Waals surface area contributed by atoms with Gasteiger partial charge in [-0.1, -0.05) is 18.2 Å². The number of rotatable bonds is 2. The Balaban J connectivity index is 2.22. The van der Waals surface area contributed by atoms with Crippen molar-refractivity contribution in [3.8, 4) is 5.75 Å². The van der Waals surface area contributed by atoms with Gasteiger partial charge in [-0.05, 0) is 49.2 Å². The molecule has 19 heavy (non-hydrogen) atoms. The first-order valence-corrected chi connectivity index (χ1v) is 5.89. The van der Waals surface area contributed by atoms with E-state index >= 15 is 0 Å². The Labute approximate surface area is 111 Å². The number of azo groups is 1. The van der Waals surface area contributed by atoms with Crippen LogP contribution in [0.4, 0.5) is 5.69 Å². The lowest BCUT2D eigenvalue weighted by molar-refractivity contribution is 0.0995. The summed E-state index contributed by atoms with van der Waals surface area (Å²) in [5, 5.41) is 17.2. The van der Waals surface area contributed by atoms with E-state index < -0.39 is 0 Å². The van der Waals surface area contributed by atoms with E-state index in [0.717, 1.165) is 0 Å². The molecule has 1 amide bonds. The molecule has 2 aromatic rings. The summed E-state index contributed by atoms with van der Waals surface area (Å²) in [6.45, 7) is 3.56. The van der Waals surface area contributed by atoms with Crippen LogP contribution in [-0.4, -0.2) is 11.0 Å². The maximum Gasteiger partial charge on any atom is 0.295 e. The number of amides is 1. The number of carbonyl (C=O) groups excluding carboxylic acids is 1. The first-order chi connectivity index (χ1) is 9.08. The van der Waals surface area contributed by atoms with Crippen molar-refractivity contribution >= 4 is 11.6 Å². The number of hydrogen-bond donors (Lipinski definition) is 1. The monoisotopic (exact) mass is 254 g/mol. The third-order valence-electron chi connectivity index (χ3n) is 2.75. The Kier molecular flexibility index (Phi) is 3.71. The van der Waals surface area contributed by atoms with Gasteiger partial charge >= 0.3 is 0 Å². The fourth-order valence-corrected chi connectivity index (χ4v) is 1.73. The van der Waals surface area contributed by atoms with Gasteiger partial charge < -0.3 is 5.11 Å². The van der Waals surface area contributed by atoms with Crippen LogP contribution in [0.15, 0.2) is 52.7 Å². The predicted molar refractivity (Wildman–Crippen MR) is 72.9 cm³/mol. The molecule has 0 spiro atoms. The summed E-state index contributed by atoms with van der Waals surface area (Å²) in [6.07, 6.45) is 0. The van der Waals surface area contributed by atoms with Crippen molar-refractivity contribution in [3.63, 3.8) is 0 Å². The van der Waals surface area contributed by atoms with E-state index in [4.69, 9.17) is 0 Å². The van der Waals surface area contributed by atoms with Crippen LogP contribution < -0.4 is 0 Å². The van der Waals surface area contributed by atoms with Gasteiger partial charge in [0.05, 0.1) is 5.69 Å². The van der Waals surface area contributed by atoms with Crippen LogP contribution in [0.5, 0.6) is 5.75 Å². The molecule has 4 nitrogen and oxygen atoms in total. The van der Waals surface area contributed by atoms with E-state index in [1.807, 2.05) is 6.07 Å². The topological polar surface area (TPSA) is 62.0 Å². The average Bonchev–Trinajstić information content (AvgIpc) is 2.43. The maximum absolute atomic E-state index is 11.7. The molecule has 0 radical (unpaired) electrons. The van der Waals surface area contributed by atoms with Crippen LogP contribution in [0, 0.1) is 13.8 Å². The van der Waals surface area contributed by atoms with Gasteiger partial charge in [0, 0.05) is 5.56 Å². The standard InChI is InChI=1S/C15H14N2O2/c1-10-8-13(9-11(2)14(10)18)16-17-15(19)12-6-4-3-5-7-12/h3-9,18H,1-2H3. The lowest BCUT2D eigenvalue weighted by Crippen LogP contribution is -1.92. The van der Waals surface area contributed by atoms with Gasteiger partial charge in [0.1, 0.15) is 5.75 Å². The lowest BCUT2D eigenvalue weighted by atomic mass is 10.1. The molecule has 0 aliphatic rings. The fraction of sp³-hybridized carbons (Fsp3) is 0.133. The van der Waals surface area contributed by atoms with E-state index in [-0.39, 0.29) is 11.7 Å². The van der Waals surface area contributed by atoms with E-state index in [1.165, 1.54) is 0 Å². The second kappa shape index (κ2) is 5.44. The highest BCUT2D eigenvalue weighted by Crippen LogP contribution is 2.27. The van der Waals surface area contributed by atoms with Crippen LogP contribution in [0.1, 0.15) is 21.5 Å². The number of benzene rings is 2. The number of phenolic OH excluding ortho intramolecular Hbond substituents is 1. The summed E-state index contributed by atoms with van der Waals surface area (Å²) in [5.41, 5.74) is 2.47. The molecule has 0 unspecified atom stereocenters. The van der Waals surface area contributed by atoms with Crippen LogP contribution in [0.25, 0.3) is 0 Å². The van der Waals surface area contributed by atoms with Crippen molar-refractivity contribution in [2.75, 3.05) is 0 Å². The first kappa shape index (κ1) is 13.0. The fourth-order valence-electron chi connectivity index (χ4n) is 1.73. The van der Waals surface area contributed by atoms with Crippen LogP contribution in [0.3, 0.4) is 0 Å². The molecule has 0 bridgehead atoms. The van der Waals surface area contributed by atoms with Gasteiger partial charge in [0.2, 0.25) is 0 Å². The van der Waals surface area contributed by atoms with Crippen LogP contribution >= 0.6 is 0 Å². The molecule has 1 N–H and O–H groups in total. The molecule has 4 heteroatoms. The zero-order valence-electron chi connectivity index (χ0n) is 10.8. The SMILES string of the molecule is Cc1cc(N=NC(=O)c2ccccc2)cc(C)c1O. The van der Waals surface area contributed by atoms with E-state index in [9.17, 15) is 9.90 Å². The minimum absolute atomic E-state index is 0.244. The minimum Gasteiger partial charge on any atom is -0.507 e. The second-order valence-corrected chi connectivity index (χ2v) is 4.30. The van der Waals surface area contributed by atoms with E-state index in [2.05, 4.69) is 10.2 Å². The molecular weight excluding hydrogens is 240 g/mol. The number of aryl methyl sites for hydroxylation is 2. The van der Waals surface area contributed by atoms with Crippen molar-refractivity contribution in [2.24, 2.45) is 10.2 Å². The first-order valence-electron chi connectivity index (χ1n) is 5.89. The Hall–Kier alpha value is -2.49. The Bertz CT molecular complexity index is 611.